The van der Waals surface area contributed by atoms with Crippen LogP contribution in [0.25, 0.3) is 0 Å². The van der Waals surface area contributed by atoms with E-state index >= 15 is 0 Å². The second-order valence-electron chi connectivity index (χ2n) is 3.98. The summed E-state index contributed by atoms with van der Waals surface area (Å²) in [5.41, 5.74) is 0. The largest absolute Gasteiger partial charge is 0.320 e. The monoisotopic (exact) mass is 276 g/mol. The molecule has 1 heterocycles. The van der Waals surface area contributed by atoms with E-state index in [1.54, 1.807) is 11.3 Å². The Kier molecular flexibility index (Phi) is 6.11. The number of hydrogen-bond acceptors (Lipinski definition) is 4. The van der Waals surface area contributed by atoms with Gasteiger partial charge < -0.3 is 5.32 Å². The van der Waals surface area contributed by atoms with Gasteiger partial charge >= 0.3 is 0 Å². The number of nitrogens with one attached hydrogen (secondary N) is 2. The molecular weight excluding hydrogens is 256 g/mol. The van der Waals surface area contributed by atoms with Gasteiger partial charge in [-0.2, -0.15) is 0 Å². The van der Waals surface area contributed by atoms with Crippen LogP contribution in [0.15, 0.2) is 17.5 Å². The van der Waals surface area contributed by atoms with Crippen LogP contribution in [0.5, 0.6) is 0 Å². The van der Waals surface area contributed by atoms with Gasteiger partial charge in [0.05, 0.1) is 11.8 Å². The van der Waals surface area contributed by atoms with E-state index in [9.17, 15) is 8.42 Å². The molecule has 17 heavy (non-hydrogen) atoms. The Morgan fingerprint density at radius 3 is 2.76 bits per heavy atom. The second kappa shape index (κ2) is 7.10. The minimum atomic E-state index is -3.16. The molecule has 0 aliphatic heterocycles. The lowest BCUT2D eigenvalue weighted by molar-refractivity contribution is 0.563. The highest BCUT2D eigenvalue weighted by Gasteiger charge is 2.15. The van der Waals surface area contributed by atoms with Crippen molar-refractivity contribution in [3.8, 4) is 0 Å². The summed E-state index contributed by atoms with van der Waals surface area (Å²) in [6.07, 6.45) is 1.57. The van der Waals surface area contributed by atoms with Crippen molar-refractivity contribution in [2.45, 2.75) is 25.8 Å². The summed E-state index contributed by atoms with van der Waals surface area (Å²) in [4.78, 5) is 1.05. The Bertz CT molecular complexity index is 401. The second-order valence-corrected chi connectivity index (χ2v) is 6.84. The Labute approximate surface area is 107 Å². The number of rotatable bonds is 8. The minimum Gasteiger partial charge on any atom is -0.320 e. The molecule has 1 aromatic heterocycles. The van der Waals surface area contributed by atoms with Crippen LogP contribution >= 0.6 is 11.3 Å². The van der Waals surface area contributed by atoms with E-state index in [0.717, 1.165) is 17.8 Å². The lowest BCUT2D eigenvalue weighted by Gasteiger charge is -2.12. The van der Waals surface area contributed by atoms with Crippen molar-refractivity contribution < 1.29 is 8.42 Å². The van der Waals surface area contributed by atoms with Gasteiger partial charge in [-0.25, -0.2) is 13.1 Å². The summed E-state index contributed by atoms with van der Waals surface area (Å²) in [6, 6.07) is 3.74. The number of thiophene rings is 1. The summed E-state index contributed by atoms with van der Waals surface area (Å²) >= 11 is 1.57. The molecule has 4 nitrogen and oxygen atoms in total. The van der Waals surface area contributed by atoms with E-state index in [-0.39, 0.29) is 11.8 Å². The first kappa shape index (κ1) is 14.6. The molecule has 0 saturated heterocycles. The lowest BCUT2D eigenvalue weighted by atomic mass is 10.3. The summed E-state index contributed by atoms with van der Waals surface area (Å²) < 4.78 is 26.2. The molecule has 6 heteroatoms. The first-order valence-electron chi connectivity index (χ1n) is 5.73. The molecule has 0 saturated carbocycles. The van der Waals surface area contributed by atoms with E-state index < -0.39 is 10.0 Å². The van der Waals surface area contributed by atoms with Crippen LogP contribution in [0.2, 0.25) is 0 Å². The lowest BCUT2D eigenvalue weighted by Crippen LogP contribution is -2.29. The number of hydrogen-bond donors (Lipinski definition) is 2. The molecule has 0 fully saturated rings. The smallest absolute Gasteiger partial charge is 0.212 e. The van der Waals surface area contributed by atoms with E-state index in [0.29, 0.717) is 6.42 Å². The maximum Gasteiger partial charge on any atom is 0.212 e. The Morgan fingerprint density at radius 1 is 1.41 bits per heavy atom. The Hall–Kier alpha value is -0.430. The van der Waals surface area contributed by atoms with Crippen molar-refractivity contribution in [1.29, 1.82) is 0 Å². The SMILES string of the molecule is CNCCCCS(=O)(=O)NC(C)c1cccs1. The molecule has 0 spiro atoms. The number of unbranched alkanes of at least 4 members (excludes halogenated alkanes) is 1. The summed E-state index contributed by atoms with van der Waals surface area (Å²) in [7, 11) is -1.29. The molecule has 0 aliphatic rings. The molecular formula is C11H20N2O2S2. The Balaban J connectivity index is 2.38. The van der Waals surface area contributed by atoms with Crippen molar-refractivity contribution in [2.24, 2.45) is 0 Å². The quantitative estimate of drug-likeness (QED) is 0.711. The third-order valence-corrected chi connectivity index (χ3v) is 5.01. The van der Waals surface area contributed by atoms with Crippen molar-refractivity contribution in [3.05, 3.63) is 22.4 Å². The summed E-state index contributed by atoms with van der Waals surface area (Å²) in [5, 5.41) is 4.95. The fraction of sp³-hybridized carbons (Fsp3) is 0.636. The van der Waals surface area contributed by atoms with E-state index in [1.165, 1.54) is 0 Å². The maximum absolute atomic E-state index is 11.8. The van der Waals surface area contributed by atoms with Crippen LogP contribution in [0.4, 0.5) is 0 Å². The van der Waals surface area contributed by atoms with Gasteiger partial charge in [-0.3, -0.25) is 0 Å². The van der Waals surface area contributed by atoms with Gasteiger partial charge in [0.1, 0.15) is 0 Å². The standard InChI is InChI=1S/C11H20N2O2S2/c1-10(11-6-5-8-16-11)13-17(14,15)9-4-3-7-12-2/h5-6,8,10,12-13H,3-4,7,9H2,1-2H3. The molecule has 0 aliphatic carbocycles. The van der Waals surface area contributed by atoms with Gasteiger partial charge in [0.15, 0.2) is 0 Å². The average molecular weight is 276 g/mol. The highest BCUT2D eigenvalue weighted by molar-refractivity contribution is 7.89. The highest BCUT2D eigenvalue weighted by Crippen LogP contribution is 2.19. The normalized spacial score (nSPS) is 13.8. The van der Waals surface area contributed by atoms with E-state index in [4.69, 9.17) is 0 Å². The van der Waals surface area contributed by atoms with Crippen molar-refractivity contribution in [2.75, 3.05) is 19.3 Å². The minimum absolute atomic E-state index is 0.135. The topological polar surface area (TPSA) is 58.2 Å². The number of sulfonamides is 1. The van der Waals surface area contributed by atoms with Crippen molar-refractivity contribution in [1.82, 2.24) is 10.0 Å². The fourth-order valence-corrected chi connectivity index (χ4v) is 3.69. The third-order valence-electron chi connectivity index (χ3n) is 2.42. The van der Waals surface area contributed by atoms with Gasteiger partial charge in [-0.15, -0.1) is 11.3 Å². The van der Waals surface area contributed by atoms with Crippen LogP contribution < -0.4 is 10.0 Å². The highest BCUT2D eigenvalue weighted by atomic mass is 32.2. The van der Waals surface area contributed by atoms with E-state index in [2.05, 4.69) is 10.0 Å². The first-order chi connectivity index (χ1) is 8.05. The third kappa shape index (κ3) is 5.63. The van der Waals surface area contributed by atoms with Gasteiger partial charge in [-0.05, 0) is 44.8 Å². The first-order valence-corrected chi connectivity index (χ1v) is 8.26. The molecule has 1 atom stereocenters. The molecule has 0 amide bonds. The zero-order chi connectivity index (χ0) is 12.7. The summed E-state index contributed by atoms with van der Waals surface area (Å²) in [5.74, 6) is 0.199. The molecule has 1 rings (SSSR count). The van der Waals surface area contributed by atoms with Crippen LogP contribution in [0, 0.1) is 0 Å². The van der Waals surface area contributed by atoms with Crippen LogP contribution in [0.1, 0.15) is 30.7 Å². The zero-order valence-corrected chi connectivity index (χ0v) is 11.9. The zero-order valence-electron chi connectivity index (χ0n) is 10.3. The predicted octanol–water partition coefficient (Wildman–Crippen LogP) is 1.73. The molecule has 98 valence electrons. The van der Waals surface area contributed by atoms with Crippen molar-refractivity contribution >= 4 is 21.4 Å². The van der Waals surface area contributed by atoms with Crippen molar-refractivity contribution in [3.63, 3.8) is 0 Å². The average Bonchev–Trinajstić information content (AvgIpc) is 2.77. The molecule has 0 radical (unpaired) electrons. The summed E-state index contributed by atoms with van der Waals surface area (Å²) in [6.45, 7) is 2.73. The molecule has 1 unspecified atom stereocenters. The van der Waals surface area contributed by atoms with Gasteiger partial charge in [0.25, 0.3) is 0 Å². The maximum atomic E-state index is 11.8. The Morgan fingerprint density at radius 2 is 2.18 bits per heavy atom. The van der Waals surface area contributed by atoms with Gasteiger partial charge in [0.2, 0.25) is 10.0 Å². The predicted molar refractivity (Wildman–Crippen MR) is 72.8 cm³/mol. The fourth-order valence-electron chi connectivity index (χ4n) is 1.52. The van der Waals surface area contributed by atoms with Gasteiger partial charge in [0, 0.05) is 4.88 Å². The van der Waals surface area contributed by atoms with Crippen LogP contribution in [-0.4, -0.2) is 27.8 Å². The van der Waals surface area contributed by atoms with Gasteiger partial charge in [-0.1, -0.05) is 6.07 Å². The molecule has 1 aromatic rings. The van der Waals surface area contributed by atoms with Crippen LogP contribution in [0.3, 0.4) is 0 Å². The molecule has 0 aromatic carbocycles. The molecule has 2 N–H and O–H groups in total. The molecule has 0 bridgehead atoms. The van der Waals surface area contributed by atoms with E-state index in [1.807, 2.05) is 31.5 Å². The van der Waals surface area contributed by atoms with Crippen LogP contribution in [-0.2, 0) is 10.0 Å².